The number of carboxylic acids is 1. The summed E-state index contributed by atoms with van der Waals surface area (Å²) in [5.74, 6) is -1.25. The van der Waals surface area contributed by atoms with Gasteiger partial charge in [-0.1, -0.05) is 0 Å². The van der Waals surface area contributed by atoms with Crippen LogP contribution in [0.4, 0.5) is 0 Å². The molecule has 0 spiro atoms. The molecular weight excluding hydrogens is 294 g/mol. The number of halogens is 1. The minimum atomic E-state index is -1.00. The third-order valence-electron chi connectivity index (χ3n) is 2.00. The zero-order valence-corrected chi connectivity index (χ0v) is 11.3. The summed E-state index contributed by atoms with van der Waals surface area (Å²) in [4.78, 5) is 24.0. The van der Waals surface area contributed by atoms with Crippen molar-refractivity contribution in [3.63, 3.8) is 0 Å². The zero-order chi connectivity index (χ0) is 12.3. The summed E-state index contributed by atoms with van der Waals surface area (Å²) in [5, 5.41) is 10.4. The van der Waals surface area contributed by atoms with E-state index in [1.54, 1.807) is 25.3 Å². The molecule has 0 radical (unpaired) electrons. The second-order valence-corrected chi connectivity index (χ2v) is 5.85. The van der Waals surface area contributed by atoms with Crippen LogP contribution in [0.25, 0.3) is 0 Å². The van der Waals surface area contributed by atoms with Crippen LogP contribution in [0.1, 0.15) is 24.2 Å². The third-order valence-corrected chi connectivity index (χ3v) is 3.51. The van der Waals surface area contributed by atoms with Crippen molar-refractivity contribution in [2.45, 2.75) is 19.9 Å². The van der Waals surface area contributed by atoms with Crippen molar-refractivity contribution >= 4 is 39.1 Å². The Hall–Kier alpha value is -0.880. The number of hydrogen-bond acceptors (Lipinski definition) is 3. The number of carbonyl (C=O) groups excluding carboxylic acids is 1. The van der Waals surface area contributed by atoms with Gasteiger partial charge in [0.25, 0.3) is 5.91 Å². The second-order valence-electron chi connectivity index (χ2n) is 3.56. The summed E-state index contributed by atoms with van der Waals surface area (Å²) in [6.45, 7) is 3.31. The first-order valence-electron chi connectivity index (χ1n) is 4.68. The van der Waals surface area contributed by atoms with Crippen LogP contribution in [0.15, 0.2) is 15.2 Å². The van der Waals surface area contributed by atoms with Gasteiger partial charge >= 0.3 is 5.97 Å². The molecule has 0 unspecified atom stereocenters. The highest BCUT2D eigenvalue weighted by Crippen LogP contribution is 2.22. The second kappa shape index (κ2) is 5.45. The van der Waals surface area contributed by atoms with Gasteiger partial charge in [-0.05, 0) is 35.8 Å². The predicted molar refractivity (Wildman–Crippen MR) is 65.8 cm³/mol. The van der Waals surface area contributed by atoms with Crippen LogP contribution in [0.2, 0.25) is 0 Å². The minimum Gasteiger partial charge on any atom is -0.480 e. The van der Waals surface area contributed by atoms with Crippen molar-refractivity contribution in [3.8, 4) is 0 Å². The largest absolute Gasteiger partial charge is 0.480 e. The summed E-state index contributed by atoms with van der Waals surface area (Å²) in [6.07, 6.45) is 0. The molecule has 0 bridgehead atoms. The maximum atomic E-state index is 12.0. The average Bonchev–Trinajstić information content (AvgIpc) is 2.59. The van der Waals surface area contributed by atoms with Gasteiger partial charge in [-0.15, -0.1) is 11.3 Å². The van der Waals surface area contributed by atoms with E-state index in [4.69, 9.17) is 5.11 Å². The van der Waals surface area contributed by atoms with Crippen molar-refractivity contribution < 1.29 is 14.7 Å². The molecule has 1 aromatic rings. The normalized spacial score (nSPS) is 10.5. The number of carboxylic acid groups (broad SMARTS) is 1. The molecule has 0 aliphatic carbocycles. The number of aliphatic carboxylic acids is 1. The average molecular weight is 306 g/mol. The molecule has 0 atom stereocenters. The Kier molecular flexibility index (Phi) is 4.49. The van der Waals surface area contributed by atoms with E-state index >= 15 is 0 Å². The van der Waals surface area contributed by atoms with Crippen molar-refractivity contribution in [1.29, 1.82) is 0 Å². The molecule has 0 aliphatic rings. The number of thiophene rings is 1. The Bertz CT molecular complexity index is 403. The molecule has 0 aliphatic heterocycles. The fourth-order valence-electron chi connectivity index (χ4n) is 1.22. The monoisotopic (exact) mass is 305 g/mol. The molecule has 0 saturated carbocycles. The third kappa shape index (κ3) is 3.31. The van der Waals surface area contributed by atoms with Gasteiger partial charge < -0.3 is 10.0 Å². The van der Waals surface area contributed by atoms with Crippen molar-refractivity contribution in [2.75, 3.05) is 6.54 Å². The molecule has 1 aromatic heterocycles. The van der Waals surface area contributed by atoms with Gasteiger partial charge in [0.1, 0.15) is 6.54 Å². The molecule has 88 valence electrons. The van der Waals surface area contributed by atoms with Crippen LogP contribution in [0, 0.1) is 0 Å². The van der Waals surface area contributed by atoms with Crippen molar-refractivity contribution in [3.05, 3.63) is 20.8 Å². The Morgan fingerprint density at radius 2 is 2.19 bits per heavy atom. The van der Waals surface area contributed by atoms with E-state index in [-0.39, 0.29) is 18.5 Å². The van der Waals surface area contributed by atoms with E-state index in [0.717, 1.165) is 3.79 Å². The van der Waals surface area contributed by atoms with Gasteiger partial charge in [-0.25, -0.2) is 0 Å². The van der Waals surface area contributed by atoms with Crippen LogP contribution in [0.3, 0.4) is 0 Å². The maximum absolute atomic E-state index is 12.0. The topological polar surface area (TPSA) is 57.6 Å². The van der Waals surface area contributed by atoms with E-state index in [9.17, 15) is 9.59 Å². The van der Waals surface area contributed by atoms with Crippen LogP contribution in [-0.2, 0) is 4.79 Å². The highest BCUT2D eigenvalue weighted by molar-refractivity contribution is 9.11. The highest BCUT2D eigenvalue weighted by Gasteiger charge is 2.21. The molecule has 0 fully saturated rings. The lowest BCUT2D eigenvalue weighted by atomic mass is 10.2. The van der Waals surface area contributed by atoms with Crippen LogP contribution in [-0.4, -0.2) is 34.5 Å². The zero-order valence-electron chi connectivity index (χ0n) is 8.94. The summed E-state index contributed by atoms with van der Waals surface area (Å²) in [7, 11) is 0. The van der Waals surface area contributed by atoms with Crippen LogP contribution in [0.5, 0.6) is 0 Å². The molecule has 16 heavy (non-hydrogen) atoms. The van der Waals surface area contributed by atoms with Gasteiger partial charge in [-0.3, -0.25) is 9.59 Å². The van der Waals surface area contributed by atoms with E-state index in [0.29, 0.717) is 5.56 Å². The van der Waals surface area contributed by atoms with E-state index in [2.05, 4.69) is 15.9 Å². The molecule has 1 N–H and O–H groups in total. The fraction of sp³-hybridized carbons (Fsp3) is 0.400. The quantitative estimate of drug-likeness (QED) is 0.929. The first kappa shape index (κ1) is 13.2. The number of hydrogen-bond donors (Lipinski definition) is 1. The number of nitrogens with zero attached hydrogens (tertiary/aromatic N) is 1. The molecule has 1 heterocycles. The first-order valence-corrected chi connectivity index (χ1v) is 6.36. The molecule has 1 amide bonds. The minimum absolute atomic E-state index is 0.137. The smallest absolute Gasteiger partial charge is 0.323 e. The molecule has 1 rings (SSSR count). The lowest BCUT2D eigenvalue weighted by molar-refractivity contribution is -0.138. The molecular formula is C10H12BrNO3S. The van der Waals surface area contributed by atoms with Gasteiger partial charge in [0.2, 0.25) is 0 Å². The molecule has 0 saturated heterocycles. The number of carbonyl (C=O) groups is 2. The number of rotatable bonds is 4. The highest BCUT2D eigenvalue weighted by atomic mass is 79.9. The molecule has 6 heteroatoms. The Balaban J connectivity index is 2.87. The summed E-state index contributed by atoms with van der Waals surface area (Å²) in [5.41, 5.74) is 0.520. The predicted octanol–water partition coefficient (Wildman–Crippen LogP) is 2.45. The maximum Gasteiger partial charge on any atom is 0.323 e. The summed E-state index contributed by atoms with van der Waals surface area (Å²) in [6, 6.07) is 1.56. The summed E-state index contributed by atoms with van der Waals surface area (Å²) < 4.78 is 0.856. The SMILES string of the molecule is CC(C)N(CC(=O)O)C(=O)c1csc(Br)c1. The standard InChI is InChI=1S/C10H12BrNO3S/c1-6(2)12(4-9(13)14)10(15)7-3-8(11)16-5-7/h3,5-6H,4H2,1-2H3,(H,13,14). The fourth-order valence-corrected chi connectivity index (χ4v) is 2.35. The van der Waals surface area contributed by atoms with E-state index < -0.39 is 5.97 Å². The van der Waals surface area contributed by atoms with E-state index in [1.807, 2.05) is 0 Å². The Morgan fingerprint density at radius 3 is 2.56 bits per heavy atom. The number of amides is 1. The van der Waals surface area contributed by atoms with E-state index in [1.165, 1.54) is 16.2 Å². The Labute approximate surface area is 106 Å². The van der Waals surface area contributed by atoms with Gasteiger partial charge in [-0.2, -0.15) is 0 Å². The van der Waals surface area contributed by atoms with Crippen molar-refractivity contribution in [1.82, 2.24) is 4.90 Å². The Morgan fingerprint density at radius 1 is 1.56 bits per heavy atom. The summed E-state index contributed by atoms with van der Waals surface area (Å²) >= 11 is 4.67. The molecule has 4 nitrogen and oxygen atoms in total. The lowest BCUT2D eigenvalue weighted by Crippen LogP contribution is -2.40. The van der Waals surface area contributed by atoms with Gasteiger partial charge in [0.15, 0.2) is 0 Å². The first-order chi connectivity index (χ1) is 7.41. The van der Waals surface area contributed by atoms with Gasteiger partial charge in [0.05, 0.1) is 9.35 Å². The van der Waals surface area contributed by atoms with Crippen LogP contribution >= 0.6 is 27.3 Å². The lowest BCUT2D eigenvalue weighted by Gasteiger charge is -2.24. The molecule has 0 aromatic carbocycles. The van der Waals surface area contributed by atoms with Crippen LogP contribution < -0.4 is 0 Å². The van der Waals surface area contributed by atoms with Crippen molar-refractivity contribution in [2.24, 2.45) is 0 Å². The van der Waals surface area contributed by atoms with Gasteiger partial charge in [0, 0.05) is 11.4 Å².